The molecule has 34 heavy (non-hydrogen) atoms. The minimum atomic E-state index is -0.295. The van der Waals surface area contributed by atoms with Crippen LogP contribution in [0.5, 0.6) is 11.5 Å². The number of hydrogen-bond donors (Lipinski definition) is 1. The van der Waals surface area contributed by atoms with Crippen molar-refractivity contribution in [1.82, 2.24) is 5.43 Å². The highest BCUT2D eigenvalue weighted by atomic mass is 79.9. The lowest BCUT2D eigenvalue weighted by Crippen LogP contribution is -2.17. The van der Waals surface area contributed by atoms with Gasteiger partial charge in [-0.15, -0.1) is 0 Å². The minimum Gasteiger partial charge on any atom is -0.490 e. The lowest BCUT2D eigenvalue weighted by molar-refractivity contribution is 0.0957. The average Bonchev–Trinajstić information content (AvgIpc) is 2.84. The van der Waals surface area contributed by atoms with Crippen molar-refractivity contribution in [3.05, 3.63) is 106 Å². The van der Waals surface area contributed by atoms with Crippen LogP contribution in [0.15, 0.2) is 88.4 Å². The summed E-state index contributed by atoms with van der Waals surface area (Å²) in [6, 6.07) is 23.0. The van der Waals surface area contributed by atoms with E-state index in [0.717, 1.165) is 16.3 Å². The number of rotatable bonds is 8. The molecule has 0 fully saturated rings. The van der Waals surface area contributed by atoms with E-state index in [1.54, 1.807) is 30.5 Å². The Kier molecular flexibility index (Phi) is 7.54. The van der Waals surface area contributed by atoms with E-state index in [2.05, 4.69) is 26.5 Å². The van der Waals surface area contributed by atoms with E-state index >= 15 is 0 Å². The molecule has 0 aromatic heterocycles. The fourth-order valence-electron chi connectivity index (χ4n) is 3.45. The second-order valence-corrected chi connectivity index (χ2v) is 8.26. The number of benzene rings is 4. The largest absolute Gasteiger partial charge is 0.490 e. The van der Waals surface area contributed by atoms with Crippen LogP contribution in [-0.4, -0.2) is 18.7 Å². The molecule has 0 saturated carbocycles. The number of carbonyl (C=O) groups is 1. The van der Waals surface area contributed by atoms with E-state index < -0.39 is 0 Å². The molecule has 0 unspecified atom stereocenters. The zero-order valence-electron chi connectivity index (χ0n) is 18.4. The molecule has 172 valence electrons. The normalized spacial score (nSPS) is 11.0. The Morgan fingerprint density at radius 1 is 1.03 bits per heavy atom. The van der Waals surface area contributed by atoms with Crippen LogP contribution in [0.2, 0.25) is 0 Å². The highest BCUT2D eigenvalue weighted by molar-refractivity contribution is 9.10. The third-order valence-corrected chi connectivity index (χ3v) is 5.63. The highest BCUT2D eigenvalue weighted by Crippen LogP contribution is 2.37. The summed E-state index contributed by atoms with van der Waals surface area (Å²) in [5.74, 6) is 0.469. The Bertz CT molecular complexity index is 1330. The maximum atomic E-state index is 13.1. The lowest BCUT2D eigenvalue weighted by Gasteiger charge is -2.14. The van der Waals surface area contributed by atoms with E-state index in [1.165, 1.54) is 12.1 Å². The SMILES string of the molecule is CCOc1cc(/C=N\NC(=O)c2cccc3ccccc23)cc(Br)c1OCc1ccc(F)cc1. The molecule has 0 bridgehead atoms. The molecule has 4 rings (SSSR count). The Balaban J connectivity index is 1.49. The molecule has 7 heteroatoms. The van der Waals surface area contributed by atoms with Crippen LogP contribution in [-0.2, 0) is 6.61 Å². The van der Waals surface area contributed by atoms with Crippen LogP contribution < -0.4 is 14.9 Å². The van der Waals surface area contributed by atoms with Crippen molar-refractivity contribution in [3.63, 3.8) is 0 Å². The molecule has 4 aromatic carbocycles. The monoisotopic (exact) mass is 520 g/mol. The quantitative estimate of drug-likeness (QED) is 0.213. The van der Waals surface area contributed by atoms with Gasteiger partial charge in [-0.05, 0) is 75.1 Å². The number of carbonyl (C=O) groups excluding carboxylic acids is 1. The predicted octanol–water partition coefficient (Wildman–Crippen LogP) is 6.48. The number of nitrogens with one attached hydrogen (secondary N) is 1. The van der Waals surface area contributed by atoms with Gasteiger partial charge in [0.1, 0.15) is 12.4 Å². The first-order chi connectivity index (χ1) is 16.5. The van der Waals surface area contributed by atoms with Crippen molar-refractivity contribution in [1.29, 1.82) is 0 Å². The summed E-state index contributed by atoms with van der Waals surface area (Å²) in [5.41, 5.74) is 4.68. The van der Waals surface area contributed by atoms with E-state index in [1.807, 2.05) is 49.4 Å². The molecule has 4 aromatic rings. The predicted molar refractivity (Wildman–Crippen MR) is 135 cm³/mol. The van der Waals surface area contributed by atoms with Crippen LogP contribution in [0.1, 0.15) is 28.4 Å². The number of amides is 1. The van der Waals surface area contributed by atoms with Crippen LogP contribution >= 0.6 is 15.9 Å². The highest BCUT2D eigenvalue weighted by Gasteiger charge is 2.13. The first-order valence-electron chi connectivity index (χ1n) is 10.7. The molecule has 1 amide bonds. The number of fused-ring (bicyclic) bond motifs is 1. The second-order valence-electron chi connectivity index (χ2n) is 7.40. The van der Waals surface area contributed by atoms with Gasteiger partial charge in [-0.3, -0.25) is 4.79 Å². The summed E-state index contributed by atoms with van der Waals surface area (Å²) >= 11 is 3.52. The number of ether oxygens (including phenoxy) is 2. The van der Waals surface area contributed by atoms with Gasteiger partial charge in [0.25, 0.3) is 5.91 Å². The molecule has 0 atom stereocenters. The van der Waals surface area contributed by atoms with Crippen LogP contribution in [0, 0.1) is 5.82 Å². The molecule has 0 aliphatic rings. The van der Waals surface area contributed by atoms with Gasteiger partial charge in [0.2, 0.25) is 0 Å². The number of hydrazone groups is 1. The molecule has 5 nitrogen and oxygen atoms in total. The molecule has 0 saturated heterocycles. The first kappa shape index (κ1) is 23.4. The van der Waals surface area contributed by atoms with Crippen LogP contribution in [0.4, 0.5) is 4.39 Å². The van der Waals surface area contributed by atoms with Gasteiger partial charge >= 0.3 is 0 Å². The summed E-state index contributed by atoms with van der Waals surface area (Å²) in [5, 5.41) is 5.97. The Hall–Kier alpha value is -3.71. The Labute approximate surface area is 205 Å². The van der Waals surface area contributed by atoms with Gasteiger partial charge in [-0.2, -0.15) is 5.10 Å². The smallest absolute Gasteiger partial charge is 0.271 e. The fraction of sp³-hybridized carbons (Fsp3) is 0.111. The second kappa shape index (κ2) is 10.9. The molecule has 0 heterocycles. The summed E-state index contributed by atoms with van der Waals surface area (Å²) in [6.07, 6.45) is 1.54. The molecule has 0 aliphatic heterocycles. The molecular formula is C27H22BrFN2O3. The van der Waals surface area contributed by atoms with Gasteiger partial charge in [0, 0.05) is 5.56 Å². The van der Waals surface area contributed by atoms with Crippen molar-refractivity contribution >= 4 is 38.8 Å². The molecular weight excluding hydrogens is 499 g/mol. The van der Waals surface area contributed by atoms with Crippen molar-refractivity contribution in [3.8, 4) is 11.5 Å². The number of halogens is 2. The Morgan fingerprint density at radius 3 is 2.59 bits per heavy atom. The summed E-state index contributed by atoms with van der Waals surface area (Å²) in [7, 11) is 0. The van der Waals surface area contributed by atoms with Crippen molar-refractivity contribution in [2.45, 2.75) is 13.5 Å². The topological polar surface area (TPSA) is 59.9 Å². The maximum absolute atomic E-state index is 13.1. The van der Waals surface area contributed by atoms with Gasteiger partial charge in [0.05, 0.1) is 17.3 Å². The standard InChI is InChI=1S/C27H22BrFN2O3/c1-2-33-25-15-19(14-24(28)26(25)34-17-18-10-12-21(29)13-11-18)16-30-31-27(32)23-9-5-7-20-6-3-4-8-22(20)23/h3-16H,2,17H2,1H3,(H,31,32)/b30-16-. The third-order valence-electron chi connectivity index (χ3n) is 5.04. The molecule has 0 aliphatic carbocycles. The molecule has 0 spiro atoms. The summed E-state index contributed by atoms with van der Waals surface area (Å²) < 4.78 is 25.5. The van der Waals surface area contributed by atoms with Crippen molar-refractivity contribution in [2.24, 2.45) is 5.10 Å². The summed E-state index contributed by atoms with van der Waals surface area (Å²) in [6.45, 7) is 2.58. The number of nitrogens with zero attached hydrogens (tertiary/aromatic N) is 1. The maximum Gasteiger partial charge on any atom is 0.271 e. The first-order valence-corrected chi connectivity index (χ1v) is 11.5. The van der Waals surface area contributed by atoms with E-state index in [0.29, 0.717) is 33.7 Å². The lowest BCUT2D eigenvalue weighted by atomic mass is 10.0. The minimum absolute atomic E-state index is 0.257. The number of hydrogen-bond acceptors (Lipinski definition) is 4. The van der Waals surface area contributed by atoms with E-state index in [4.69, 9.17) is 9.47 Å². The van der Waals surface area contributed by atoms with Crippen LogP contribution in [0.25, 0.3) is 10.8 Å². The zero-order chi connectivity index (χ0) is 23.9. The van der Waals surface area contributed by atoms with Gasteiger partial charge in [0.15, 0.2) is 11.5 Å². The van der Waals surface area contributed by atoms with E-state index in [-0.39, 0.29) is 18.3 Å². The fourth-order valence-corrected chi connectivity index (χ4v) is 4.02. The molecule has 0 radical (unpaired) electrons. The summed E-state index contributed by atoms with van der Waals surface area (Å²) in [4.78, 5) is 12.7. The van der Waals surface area contributed by atoms with Gasteiger partial charge in [-0.25, -0.2) is 9.82 Å². The zero-order valence-corrected chi connectivity index (χ0v) is 20.0. The van der Waals surface area contributed by atoms with E-state index in [9.17, 15) is 9.18 Å². The van der Waals surface area contributed by atoms with Gasteiger partial charge in [-0.1, -0.05) is 48.5 Å². The third kappa shape index (κ3) is 5.61. The average molecular weight is 521 g/mol. The van der Waals surface area contributed by atoms with Gasteiger partial charge < -0.3 is 9.47 Å². The van der Waals surface area contributed by atoms with Crippen molar-refractivity contribution < 1.29 is 18.7 Å². The Morgan fingerprint density at radius 2 is 1.79 bits per heavy atom. The van der Waals surface area contributed by atoms with Crippen LogP contribution in [0.3, 0.4) is 0 Å². The van der Waals surface area contributed by atoms with Crippen molar-refractivity contribution in [2.75, 3.05) is 6.61 Å². The molecule has 1 N–H and O–H groups in total.